The Kier molecular flexibility index (Phi) is 6.26. The Hall–Kier alpha value is -2.31. The van der Waals surface area contributed by atoms with Gasteiger partial charge in [0.2, 0.25) is 0 Å². The van der Waals surface area contributed by atoms with Gasteiger partial charge >= 0.3 is 0 Å². The highest BCUT2D eigenvalue weighted by atomic mass is 16.3. The number of rotatable bonds is 4. The molecule has 0 radical (unpaired) electrons. The number of carbonyl (C=O) groups excluding carboxylic acids is 1. The van der Waals surface area contributed by atoms with E-state index in [4.69, 9.17) is 0 Å². The van der Waals surface area contributed by atoms with E-state index in [-0.39, 0.29) is 10.8 Å². The van der Waals surface area contributed by atoms with Crippen molar-refractivity contribution in [3.05, 3.63) is 69.3 Å². The monoisotopic (exact) mass is 378 g/mol. The molecule has 2 rings (SSSR count). The summed E-state index contributed by atoms with van der Waals surface area (Å²) in [5, 5.41) is 11.0. The van der Waals surface area contributed by atoms with Crippen molar-refractivity contribution < 1.29 is 9.90 Å². The first-order valence-electron chi connectivity index (χ1n) is 9.99. The summed E-state index contributed by atoms with van der Waals surface area (Å²) in [6.07, 6.45) is 2.76. The van der Waals surface area contributed by atoms with Crippen LogP contribution in [0.3, 0.4) is 0 Å². The summed E-state index contributed by atoms with van der Waals surface area (Å²) in [6.45, 7) is 17.1. The van der Waals surface area contributed by atoms with E-state index in [1.54, 1.807) is 6.08 Å². The zero-order valence-electron chi connectivity index (χ0n) is 18.7. The van der Waals surface area contributed by atoms with Crippen molar-refractivity contribution in [1.29, 1.82) is 0 Å². The first-order valence-corrected chi connectivity index (χ1v) is 9.99. The fraction of sp³-hybridized carbons (Fsp3) is 0.462. The number of benzene rings is 2. The molecule has 2 aromatic rings. The molecule has 2 nitrogen and oxygen atoms in total. The van der Waals surface area contributed by atoms with E-state index in [0.29, 0.717) is 18.6 Å². The van der Waals surface area contributed by atoms with Gasteiger partial charge in [0.1, 0.15) is 11.7 Å². The molecule has 1 N–H and O–H groups in total. The molecule has 28 heavy (non-hydrogen) atoms. The average molecular weight is 379 g/mol. The van der Waals surface area contributed by atoms with Crippen LogP contribution in [0.4, 0.5) is 0 Å². The van der Waals surface area contributed by atoms with Crippen LogP contribution in [0.15, 0.2) is 30.3 Å². The van der Waals surface area contributed by atoms with Gasteiger partial charge in [-0.05, 0) is 52.5 Å². The van der Waals surface area contributed by atoms with Crippen LogP contribution in [0.5, 0.6) is 5.75 Å². The number of aromatic hydroxyl groups is 1. The Bertz CT molecular complexity index is 915. The van der Waals surface area contributed by atoms with E-state index in [1.807, 2.05) is 5.94 Å². The highest BCUT2D eigenvalue weighted by Crippen LogP contribution is 2.37. The molecule has 0 saturated heterocycles. The van der Waals surface area contributed by atoms with E-state index >= 15 is 0 Å². The molecular formula is C26H34O2. The van der Waals surface area contributed by atoms with Crippen LogP contribution in [0.25, 0.3) is 0 Å². The molecule has 0 amide bonds. The van der Waals surface area contributed by atoms with Gasteiger partial charge in [0.05, 0.1) is 0 Å². The zero-order valence-corrected chi connectivity index (χ0v) is 18.7. The Morgan fingerprint density at radius 2 is 1.36 bits per heavy atom. The molecular weight excluding hydrogens is 344 g/mol. The number of allylic oxidation sites excluding steroid dienone is 1. The molecule has 0 heterocycles. The van der Waals surface area contributed by atoms with Crippen LogP contribution in [0, 0.1) is 13.8 Å². The zero-order chi connectivity index (χ0) is 21.3. The number of phenols is 1. The second kappa shape index (κ2) is 7.97. The summed E-state index contributed by atoms with van der Waals surface area (Å²) in [7, 11) is 0. The number of hydrogen-bond acceptors (Lipinski definition) is 2. The summed E-state index contributed by atoms with van der Waals surface area (Å²) in [5.41, 5.74) is 7.67. The lowest BCUT2D eigenvalue weighted by molar-refractivity contribution is 0.441. The molecule has 2 aromatic carbocycles. The van der Waals surface area contributed by atoms with Crippen LogP contribution in [0.1, 0.15) is 80.5 Å². The number of phenolic OH excluding ortho intramolecular Hbond substituents is 1. The molecule has 2 heteroatoms. The summed E-state index contributed by atoms with van der Waals surface area (Å²) >= 11 is 0. The molecule has 0 aliphatic rings. The maximum Gasteiger partial charge on any atom is 0.122 e. The van der Waals surface area contributed by atoms with Gasteiger partial charge in [0, 0.05) is 18.9 Å². The van der Waals surface area contributed by atoms with E-state index in [9.17, 15) is 9.90 Å². The molecule has 0 aliphatic carbocycles. The Morgan fingerprint density at radius 1 is 0.857 bits per heavy atom. The third kappa shape index (κ3) is 4.94. The molecule has 0 saturated carbocycles. The molecule has 0 bridgehead atoms. The third-order valence-corrected chi connectivity index (χ3v) is 5.21. The Balaban J connectivity index is 2.68. The lowest BCUT2D eigenvalue weighted by Gasteiger charge is -2.27. The maximum absolute atomic E-state index is 11.0. The SMILES string of the molecule is Cc1cc(Cc2cc(C)cc(C(C)(C)C)c2CC=C=O)c(O)c(C(C)(C)C)c1. The smallest absolute Gasteiger partial charge is 0.122 e. The van der Waals surface area contributed by atoms with Crippen molar-refractivity contribution in [2.45, 2.75) is 79.1 Å². The molecule has 0 spiro atoms. The lowest BCUT2D eigenvalue weighted by atomic mass is 9.78. The first kappa shape index (κ1) is 22.0. The van der Waals surface area contributed by atoms with E-state index in [2.05, 4.69) is 79.7 Å². The summed E-state index contributed by atoms with van der Waals surface area (Å²) < 4.78 is 0. The van der Waals surface area contributed by atoms with Crippen LogP contribution < -0.4 is 0 Å². The Morgan fingerprint density at radius 3 is 1.86 bits per heavy atom. The van der Waals surface area contributed by atoms with Gasteiger partial charge in [-0.1, -0.05) is 76.9 Å². The molecule has 150 valence electrons. The average Bonchev–Trinajstić information content (AvgIpc) is 2.54. The Labute approximate surface area is 170 Å². The lowest BCUT2D eigenvalue weighted by Crippen LogP contribution is -2.17. The van der Waals surface area contributed by atoms with Crippen molar-refractivity contribution in [1.82, 2.24) is 0 Å². The van der Waals surface area contributed by atoms with Gasteiger partial charge in [-0.3, -0.25) is 0 Å². The summed E-state index contributed by atoms with van der Waals surface area (Å²) in [5.74, 6) is 2.31. The first-order chi connectivity index (χ1) is 12.8. The van der Waals surface area contributed by atoms with Crippen molar-refractivity contribution >= 4 is 5.94 Å². The minimum atomic E-state index is -0.128. The quantitative estimate of drug-likeness (QED) is 0.650. The maximum atomic E-state index is 11.0. The van der Waals surface area contributed by atoms with Gasteiger partial charge in [-0.2, -0.15) is 0 Å². The highest BCUT2D eigenvalue weighted by Gasteiger charge is 2.23. The van der Waals surface area contributed by atoms with Gasteiger partial charge < -0.3 is 5.11 Å². The standard InChI is InChI=1S/C26H34O2/c1-17-12-19(21(10-9-11-27)22(14-17)25(3,4)5)16-20-13-18(2)15-23(24(20)28)26(6,7)8/h9,12-15,28H,10,16H2,1-8H3. The van der Waals surface area contributed by atoms with E-state index in [0.717, 1.165) is 22.3 Å². The molecule has 0 atom stereocenters. The summed E-state index contributed by atoms with van der Waals surface area (Å²) in [4.78, 5) is 10.9. The fourth-order valence-corrected chi connectivity index (χ4v) is 3.87. The van der Waals surface area contributed by atoms with Gasteiger partial charge in [0.25, 0.3) is 0 Å². The second-order valence-electron chi connectivity index (χ2n) is 9.97. The van der Waals surface area contributed by atoms with Crippen LogP contribution in [-0.2, 0) is 28.5 Å². The molecule has 0 aliphatic heterocycles. The molecule has 0 unspecified atom stereocenters. The summed E-state index contributed by atoms with van der Waals surface area (Å²) in [6, 6.07) is 8.55. The minimum absolute atomic E-state index is 0.0297. The van der Waals surface area contributed by atoms with Crippen LogP contribution >= 0.6 is 0 Å². The van der Waals surface area contributed by atoms with Crippen LogP contribution in [-0.4, -0.2) is 11.0 Å². The number of hydrogen-bond donors (Lipinski definition) is 1. The van der Waals surface area contributed by atoms with Gasteiger partial charge in [0.15, 0.2) is 0 Å². The normalized spacial score (nSPS) is 12.0. The molecule has 0 fully saturated rings. The topological polar surface area (TPSA) is 37.3 Å². The van der Waals surface area contributed by atoms with Gasteiger partial charge in [-0.25, -0.2) is 4.79 Å². The van der Waals surface area contributed by atoms with Crippen molar-refractivity contribution in [3.63, 3.8) is 0 Å². The van der Waals surface area contributed by atoms with E-state index < -0.39 is 0 Å². The van der Waals surface area contributed by atoms with Gasteiger partial charge in [-0.15, -0.1) is 0 Å². The van der Waals surface area contributed by atoms with Crippen molar-refractivity contribution in [3.8, 4) is 5.75 Å². The number of aryl methyl sites for hydroxylation is 2. The highest BCUT2D eigenvalue weighted by molar-refractivity contribution is 5.53. The second-order valence-corrected chi connectivity index (χ2v) is 9.97. The predicted octanol–water partition coefficient (Wildman–Crippen LogP) is 6.13. The van der Waals surface area contributed by atoms with E-state index in [1.165, 1.54) is 16.7 Å². The minimum Gasteiger partial charge on any atom is -0.507 e. The molecule has 0 aromatic heterocycles. The predicted molar refractivity (Wildman–Crippen MR) is 118 cm³/mol. The van der Waals surface area contributed by atoms with Crippen molar-refractivity contribution in [2.24, 2.45) is 0 Å². The largest absolute Gasteiger partial charge is 0.507 e. The van der Waals surface area contributed by atoms with Crippen molar-refractivity contribution in [2.75, 3.05) is 0 Å². The van der Waals surface area contributed by atoms with Crippen LogP contribution in [0.2, 0.25) is 0 Å². The third-order valence-electron chi connectivity index (χ3n) is 5.21. The fourth-order valence-electron chi connectivity index (χ4n) is 3.87.